The van der Waals surface area contributed by atoms with E-state index < -0.39 is 11.6 Å². The summed E-state index contributed by atoms with van der Waals surface area (Å²) in [6, 6.07) is 9.26. The Balaban J connectivity index is 1.64. The van der Waals surface area contributed by atoms with E-state index in [9.17, 15) is 8.78 Å². The molecular weight excluding hydrogens is 350 g/mol. The lowest BCUT2D eigenvalue weighted by molar-refractivity contribution is -0.00324. The Kier molecular flexibility index (Phi) is 6.45. The minimum absolute atomic E-state index is 0.103. The molecule has 3 rings (SSSR count). The molecular formula is C22H24F2O3. The first-order valence-corrected chi connectivity index (χ1v) is 9.20. The largest absolute Gasteiger partial charge is 0.491 e. The van der Waals surface area contributed by atoms with Gasteiger partial charge in [-0.05, 0) is 55.2 Å². The zero-order chi connectivity index (χ0) is 19.2. The average molecular weight is 374 g/mol. The molecule has 27 heavy (non-hydrogen) atoms. The van der Waals surface area contributed by atoms with Gasteiger partial charge in [0, 0.05) is 5.92 Å². The van der Waals surface area contributed by atoms with Crippen molar-refractivity contribution in [3.63, 3.8) is 0 Å². The molecule has 0 amide bonds. The molecule has 2 unspecified atom stereocenters. The van der Waals surface area contributed by atoms with E-state index in [1.54, 1.807) is 37.3 Å². The van der Waals surface area contributed by atoms with Crippen molar-refractivity contribution in [1.82, 2.24) is 0 Å². The maximum atomic E-state index is 14.4. The first-order chi connectivity index (χ1) is 13.1. The second-order valence-electron chi connectivity index (χ2n) is 6.59. The molecule has 0 saturated carbocycles. The van der Waals surface area contributed by atoms with Crippen molar-refractivity contribution in [1.29, 1.82) is 0 Å². The summed E-state index contributed by atoms with van der Waals surface area (Å²) in [7, 11) is 0. The molecule has 0 aliphatic carbocycles. The van der Waals surface area contributed by atoms with Gasteiger partial charge in [-0.15, -0.1) is 6.58 Å². The fourth-order valence-corrected chi connectivity index (χ4v) is 3.10. The minimum Gasteiger partial charge on any atom is -0.491 e. The monoisotopic (exact) mass is 374 g/mol. The van der Waals surface area contributed by atoms with Crippen LogP contribution in [0.25, 0.3) is 11.1 Å². The van der Waals surface area contributed by atoms with E-state index in [0.717, 1.165) is 12.8 Å². The highest BCUT2D eigenvalue weighted by molar-refractivity contribution is 5.65. The van der Waals surface area contributed by atoms with Gasteiger partial charge in [0.05, 0.1) is 25.9 Å². The van der Waals surface area contributed by atoms with Crippen molar-refractivity contribution >= 4 is 0 Å². The summed E-state index contributed by atoms with van der Waals surface area (Å²) in [6.07, 6.45) is 3.77. The van der Waals surface area contributed by atoms with Crippen LogP contribution in [0.1, 0.15) is 19.8 Å². The van der Waals surface area contributed by atoms with E-state index in [1.807, 2.05) is 0 Å². The van der Waals surface area contributed by atoms with Crippen LogP contribution >= 0.6 is 0 Å². The molecule has 0 bridgehead atoms. The molecule has 2 aromatic rings. The summed E-state index contributed by atoms with van der Waals surface area (Å²) in [5, 5.41) is 0. The molecule has 2 atom stereocenters. The van der Waals surface area contributed by atoms with Gasteiger partial charge in [0.15, 0.2) is 23.1 Å². The second-order valence-corrected chi connectivity index (χ2v) is 6.59. The molecule has 0 radical (unpaired) electrons. The maximum absolute atomic E-state index is 14.4. The van der Waals surface area contributed by atoms with Crippen LogP contribution in [0.5, 0.6) is 11.5 Å². The van der Waals surface area contributed by atoms with Crippen LogP contribution in [0.2, 0.25) is 0 Å². The molecule has 0 aromatic heterocycles. The molecule has 144 valence electrons. The highest BCUT2D eigenvalue weighted by atomic mass is 19.1. The van der Waals surface area contributed by atoms with E-state index in [-0.39, 0.29) is 23.5 Å². The Morgan fingerprint density at radius 3 is 2.15 bits per heavy atom. The van der Waals surface area contributed by atoms with Gasteiger partial charge in [0.2, 0.25) is 0 Å². The van der Waals surface area contributed by atoms with Crippen molar-refractivity contribution < 1.29 is 23.0 Å². The van der Waals surface area contributed by atoms with Gasteiger partial charge in [-0.2, -0.15) is 0 Å². The topological polar surface area (TPSA) is 27.7 Å². The van der Waals surface area contributed by atoms with Gasteiger partial charge in [0.1, 0.15) is 0 Å². The number of hydrogen-bond acceptors (Lipinski definition) is 3. The van der Waals surface area contributed by atoms with E-state index in [4.69, 9.17) is 14.2 Å². The second kappa shape index (κ2) is 9.00. The van der Waals surface area contributed by atoms with Crippen LogP contribution in [-0.2, 0) is 4.74 Å². The van der Waals surface area contributed by atoms with Crippen LogP contribution in [0.3, 0.4) is 0 Å². The van der Waals surface area contributed by atoms with Gasteiger partial charge in [0.25, 0.3) is 0 Å². The standard InChI is InChI=1S/C22H24F2O3/c1-3-18-8-5-15(13-26-18)14-27-22-10-7-17(12-20(22)24)16-6-9-21(25-4-2)19(23)11-16/h3,6-7,9-12,15,18H,1,4-5,8,13-14H2,2H3. The summed E-state index contributed by atoms with van der Waals surface area (Å²) in [5.41, 5.74) is 1.16. The van der Waals surface area contributed by atoms with Crippen LogP contribution < -0.4 is 9.47 Å². The molecule has 0 spiro atoms. The molecule has 0 N–H and O–H groups in total. The Labute approximate surface area is 158 Å². The van der Waals surface area contributed by atoms with Gasteiger partial charge >= 0.3 is 0 Å². The van der Waals surface area contributed by atoms with Gasteiger partial charge in [-0.3, -0.25) is 0 Å². The third kappa shape index (κ3) is 4.86. The lowest BCUT2D eigenvalue weighted by Crippen LogP contribution is -2.28. The number of halogens is 2. The summed E-state index contributed by atoms with van der Waals surface area (Å²) in [4.78, 5) is 0. The SMILES string of the molecule is C=CC1CCC(COc2ccc(-c3ccc(OCC)c(F)c3)cc2F)CO1. The maximum Gasteiger partial charge on any atom is 0.165 e. The predicted molar refractivity (Wildman–Crippen MR) is 101 cm³/mol. The van der Waals surface area contributed by atoms with Crippen molar-refractivity contribution in [2.75, 3.05) is 19.8 Å². The quantitative estimate of drug-likeness (QED) is 0.608. The first kappa shape index (κ1) is 19.4. The van der Waals surface area contributed by atoms with Crippen molar-refractivity contribution in [2.24, 2.45) is 5.92 Å². The summed E-state index contributed by atoms with van der Waals surface area (Å²) in [6.45, 7) is 6.89. The minimum atomic E-state index is -0.470. The smallest absolute Gasteiger partial charge is 0.165 e. The molecule has 3 nitrogen and oxygen atoms in total. The average Bonchev–Trinajstić information content (AvgIpc) is 2.69. The summed E-state index contributed by atoms with van der Waals surface area (Å²) < 4.78 is 44.9. The van der Waals surface area contributed by atoms with E-state index >= 15 is 0 Å². The molecule has 5 heteroatoms. The van der Waals surface area contributed by atoms with Crippen molar-refractivity contribution in [2.45, 2.75) is 25.9 Å². The Morgan fingerprint density at radius 2 is 1.67 bits per heavy atom. The number of rotatable bonds is 7. The first-order valence-electron chi connectivity index (χ1n) is 9.20. The number of ether oxygens (including phenoxy) is 3. The molecule has 1 fully saturated rings. The normalized spacial score (nSPS) is 19.5. The zero-order valence-corrected chi connectivity index (χ0v) is 15.4. The third-order valence-electron chi connectivity index (χ3n) is 4.64. The van der Waals surface area contributed by atoms with Crippen LogP contribution in [-0.4, -0.2) is 25.9 Å². The van der Waals surface area contributed by atoms with E-state index in [2.05, 4.69) is 6.58 Å². The van der Waals surface area contributed by atoms with Crippen LogP contribution in [0.4, 0.5) is 8.78 Å². The summed E-state index contributed by atoms with van der Waals surface area (Å²) >= 11 is 0. The molecule has 1 heterocycles. The van der Waals surface area contributed by atoms with Gasteiger partial charge in [-0.25, -0.2) is 8.78 Å². The fraction of sp³-hybridized carbons (Fsp3) is 0.364. The highest BCUT2D eigenvalue weighted by Gasteiger charge is 2.20. The summed E-state index contributed by atoms with van der Waals surface area (Å²) in [5.74, 6) is -0.320. The van der Waals surface area contributed by atoms with Crippen molar-refractivity contribution in [3.8, 4) is 22.6 Å². The molecule has 2 aromatic carbocycles. The van der Waals surface area contributed by atoms with Crippen LogP contribution in [0.15, 0.2) is 49.1 Å². The predicted octanol–water partition coefficient (Wildman–Crippen LogP) is 5.39. The third-order valence-corrected chi connectivity index (χ3v) is 4.64. The lowest BCUT2D eigenvalue weighted by Gasteiger charge is -2.27. The molecule has 1 aliphatic heterocycles. The Morgan fingerprint density at radius 1 is 1.04 bits per heavy atom. The van der Waals surface area contributed by atoms with Crippen LogP contribution in [0, 0.1) is 17.6 Å². The Bertz CT molecular complexity index is 783. The van der Waals surface area contributed by atoms with Crippen molar-refractivity contribution in [3.05, 3.63) is 60.7 Å². The number of hydrogen-bond donors (Lipinski definition) is 0. The van der Waals surface area contributed by atoms with E-state index in [0.29, 0.717) is 30.9 Å². The zero-order valence-electron chi connectivity index (χ0n) is 15.4. The Hall–Kier alpha value is -2.40. The molecule has 1 aliphatic rings. The van der Waals surface area contributed by atoms with E-state index in [1.165, 1.54) is 12.1 Å². The highest BCUT2D eigenvalue weighted by Crippen LogP contribution is 2.29. The molecule has 1 saturated heterocycles. The lowest BCUT2D eigenvalue weighted by atomic mass is 9.99. The van der Waals surface area contributed by atoms with Gasteiger partial charge in [-0.1, -0.05) is 18.2 Å². The fourth-order valence-electron chi connectivity index (χ4n) is 3.10. The number of benzene rings is 2. The van der Waals surface area contributed by atoms with Gasteiger partial charge < -0.3 is 14.2 Å².